The van der Waals surface area contributed by atoms with Gasteiger partial charge in [-0.3, -0.25) is 4.98 Å². The molecule has 0 saturated carbocycles. The van der Waals surface area contributed by atoms with Gasteiger partial charge in [-0.15, -0.1) is 6.07 Å². The van der Waals surface area contributed by atoms with Crippen LogP contribution >= 0.6 is 0 Å². The fourth-order valence-electron chi connectivity index (χ4n) is 1.01. The number of aryl methyl sites for hydroxylation is 1. The first-order valence-electron chi connectivity index (χ1n) is 4.61. The van der Waals surface area contributed by atoms with Crippen LogP contribution in [0.15, 0.2) is 24.4 Å². The van der Waals surface area contributed by atoms with Crippen molar-refractivity contribution in [3.8, 4) is 0 Å². The van der Waals surface area contributed by atoms with Crippen molar-refractivity contribution in [1.82, 2.24) is 9.97 Å². The van der Waals surface area contributed by atoms with Crippen molar-refractivity contribution in [3.63, 3.8) is 0 Å². The standard InChI is InChI=1S/C9H7N2.C3H7.Y/c1-7-5-9-8(11-6-7)3-2-4-10-9;1-3-2;/h2-3,5-6H,1H3;3H,1-2H3;/q2*-1;. The predicted molar refractivity (Wildman–Crippen MR) is 58.8 cm³/mol. The van der Waals surface area contributed by atoms with Gasteiger partial charge in [-0.05, 0) is 23.5 Å². The fraction of sp³-hybridized carbons (Fsp3) is 0.250. The van der Waals surface area contributed by atoms with E-state index < -0.39 is 0 Å². The molecule has 0 unspecified atom stereocenters. The van der Waals surface area contributed by atoms with Gasteiger partial charge in [0.15, 0.2) is 0 Å². The Bertz CT molecular complexity index is 401. The molecule has 0 amide bonds. The molecule has 0 atom stereocenters. The smallest absolute Gasteiger partial charge is 0.0269 e. The summed E-state index contributed by atoms with van der Waals surface area (Å²) in [6, 6.07) is 5.67. The van der Waals surface area contributed by atoms with Gasteiger partial charge in [0.2, 0.25) is 0 Å². The molecule has 0 spiro atoms. The average Bonchev–Trinajstić information content (AvgIpc) is 2.19. The number of pyridine rings is 2. The Balaban J connectivity index is 0.000000443. The molecule has 0 aliphatic rings. The Labute approximate surface area is 116 Å². The first-order chi connectivity index (χ1) is 6.77. The Morgan fingerprint density at radius 2 is 1.93 bits per heavy atom. The third-order valence-corrected chi connectivity index (χ3v) is 1.53. The molecule has 3 heteroatoms. The SMILES string of the molecule is C[CH-]C.Cc1cnc2cc[c-]nc2c1.[Y]. The van der Waals surface area contributed by atoms with Crippen LogP contribution in [-0.4, -0.2) is 9.97 Å². The number of nitrogens with zero attached hydrogens (tertiary/aromatic N) is 2. The monoisotopic (exact) mass is 275 g/mol. The summed E-state index contributed by atoms with van der Waals surface area (Å²) in [5.41, 5.74) is 2.96. The third-order valence-electron chi connectivity index (χ3n) is 1.53. The van der Waals surface area contributed by atoms with Gasteiger partial charge in [-0.1, -0.05) is 12.3 Å². The molecule has 2 aromatic rings. The topological polar surface area (TPSA) is 25.8 Å². The summed E-state index contributed by atoms with van der Waals surface area (Å²) in [5.74, 6) is 0. The summed E-state index contributed by atoms with van der Waals surface area (Å²) >= 11 is 0. The van der Waals surface area contributed by atoms with E-state index in [4.69, 9.17) is 0 Å². The van der Waals surface area contributed by atoms with Gasteiger partial charge in [-0.25, -0.2) is 0 Å². The van der Waals surface area contributed by atoms with Gasteiger partial charge in [0.1, 0.15) is 0 Å². The van der Waals surface area contributed by atoms with Gasteiger partial charge < -0.3 is 11.4 Å². The summed E-state index contributed by atoms with van der Waals surface area (Å²) < 4.78 is 0. The molecule has 2 aromatic heterocycles. The van der Waals surface area contributed by atoms with Crippen molar-refractivity contribution in [2.75, 3.05) is 0 Å². The molecule has 0 fully saturated rings. The molecule has 2 nitrogen and oxygen atoms in total. The van der Waals surface area contributed by atoms with Gasteiger partial charge in [-0.2, -0.15) is 19.9 Å². The zero-order valence-corrected chi connectivity index (χ0v) is 12.2. The quantitative estimate of drug-likeness (QED) is 0.691. The maximum Gasteiger partial charge on any atom is 0.0269 e. The van der Waals surface area contributed by atoms with Crippen molar-refractivity contribution in [3.05, 3.63) is 42.6 Å². The Hall–Kier alpha value is -0.336. The Morgan fingerprint density at radius 3 is 2.60 bits per heavy atom. The van der Waals surface area contributed by atoms with Crippen molar-refractivity contribution < 1.29 is 32.7 Å². The van der Waals surface area contributed by atoms with Crippen molar-refractivity contribution in [1.29, 1.82) is 0 Å². The van der Waals surface area contributed by atoms with E-state index >= 15 is 0 Å². The van der Waals surface area contributed by atoms with E-state index in [1.165, 1.54) is 0 Å². The molecule has 77 valence electrons. The van der Waals surface area contributed by atoms with Crippen LogP contribution in [0.3, 0.4) is 0 Å². The zero-order valence-electron chi connectivity index (χ0n) is 9.36. The third kappa shape index (κ3) is 4.81. The minimum atomic E-state index is 0. The molecule has 0 bridgehead atoms. The average molecular weight is 275 g/mol. The number of rotatable bonds is 0. The molecule has 2 rings (SSSR count). The van der Waals surface area contributed by atoms with Crippen LogP contribution in [0.2, 0.25) is 0 Å². The first kappa shape index (κ1) is 14.7. The molecular weight excluding hydrogens is 261 g/mol. The maximum atomic E-state index is 4.20. The van der Waals surface area contributed by atoms with Gasteiger partial charge in [0.05, 0.1) is 0 Å². The molecule has 0 aliphatic carbocycles. The van der Waals surface area contributed by atoms with E-state index in [2.05, 4.69) is 16.2 Å². The largest absolute Gasteiger partial charge is 0.385 e. The van der Waals surface area contributed by atoms with Crippen LogP contribution in [0.1, 0.15) is 19.4 Å². The predicted octanol–water partition coefficient (Wildman–Crippen LogP) is 2.97. The zero-order chi connectivity index (χ0) is 10.4. The van der Waals surface area contributed by atoms with Crippen molar-refractivity contribution in [2.45, 2.75) is 20.8 Å². The number of hydrogen-bond donors (Lipinski definition) is 0. The molecule has 0 aliphatic heterocycles. The molecular formula is C12H14N2Y-2. The molecule has 0 N–H and O–H groups in total. The molecule has 2 heterocycles. The van der Waals surface area contributed by atoms with Crippen molar-refractivity contribution in [2.24, 2.45) is 0 Å². The minimum Gasteiger partial charge on any atom is -0.385 e. The minimum absolute atomic E-state index is 0. The van der Waals surface area contributed by atoms with Crippen LogP contribution in [-0.2, 0) is 32.7 Å². The summed E-state index contributed by atoms with van der Waals surface area (Å²) in [6.07, 6.45) is 6.61. The first-order valence-corrected chi connectivity index (χ1v) is 4.61. The van der Waals surface area contributed by atoms with Crippen LogP contribution < -0.4 is 0 Å². The molecule has 1 radical (unpaired) electrons. The summed E-state index contributed by atoms with van der Waals surface area (Å²) in [5, 5.41) is 0. The Kier molecular flexibility index (Phi) is 7.71. The van der Waals surface area contributed by atoms with Gasteiger partial charge in [0.25, 0.3) is 0 Å². The van der Waals surface area contributed by atoms with Crippen LogP contribution in [0, 0.1) is 19.5 Å². The second-order valence-electron chi connectivity index (χ2n) is 3.07. The molecule has 0 aromatic carbocycles. The van der Waals surface area contributed by atoms with Crippen LogP contribution in [0.5, 0.6) is 0 Å². The number of fused-ring (bicyclic) bond motifs is 1. The van der Waals surface area contributed by atoms with E-state index in [1.807, 2.05) is 45.5 Å². The summed E-state index contributed by atoms with van der Waals surface area (Å²) in [7, 11) is 0. The normalized spacial score (nSPS) is 8.73. The fourth-order valence-corrected chi connectivity index (χ4v) is 1.01. The van der Waals surface area contributed by atoms with Gasteiger partial charge in [0, 0.05) is 38.9 Å². The van der Waals surface area contributed by atoms with E-state index in [-0.39, 0.29) is 32.7 Å². The summed E-state index contributed by atoms with van der Waals surface area (Å²) in [6.45, 7) is 6.00. The Morgan fingerprint density at radius 1 is 1.27 bits per heavy atom. The van der Waals surface area contributed by atoms with Gasteiger partial charge >= 0.3 is 0 Å². The number of hydrogen-bond acceptors (Lipinski definition) is 2. The molecule has 15 heavy (non-hydrogen) atoms. The van der Waals surface area contributed by atoms with E-state index in [0.29, 0.717) is 0 Å². The van der Waals surface area contributed by atoms with Crippen LogP contribution in [0.25, 0.3) is 11.0 Å². The second-order valence-corrected chi connectivity index (χ2v) is 3.07. The van der Waals surface area contributed by atoms with Crippen LogP contribution in [0.4, 0.5) is 0 Å². The maximum absolute atomic E-state index is 4.20. The van der Waals surface area contributed by atoms with E-state index in [1.54, 1.807) is 6.07 Å². The second kappa shape index (κ2) is 7.89. The van der Waals surface area contributed by atoms with E-state index in [0.717, 1.165) is 16.6 Å². The molecule has 0 saturated heterocycles. The number of aromatic nitrogens is 2. The van der Waals surface area contributed by atoms with Crippen molar-refractivity contribution >= 4 is 11.0 Å². The summed E-state index contributed by atoms with van der Waals surface area (Å²) in [4.78, 5) is 8.25. The van der Waals surface area contributed by atoms with E-state index in [9.17, 15) is 0 Å².